The van der Waals surface area contributed by atoms with E-state index in [0.29, 0.717) is 6.42 Å². The molecule has 2 amide bonds. The Labute approximate surface area is 128 Å². The lowest BCUT2D eigenvalue weighted by Gasteiger charge is -2.18. The second kappa shape index (κ2) is 7.75. The van der Waals surface area contributed by atoms with Crippen molar-refractivity contribution >= 4 is 17.4 Å². The zero-order valence-electron chi connectivity index (χ0n) is 11.8. The number of thiazole rings is 1. The van der Waals surface area contributed by atoms with Crippen LogP contribution in [0.4, 0.5) is 4.79 Å². The van der Waals surface area contributed by atoms with Gasteiger partial charge >= 0.3 is 6.03 Å². The molecule has 0 aliphatic rings. The van der Waals surface area contributed by atoms with E-state index in [1.54, 1.807) is 6.20 Å². The number of amides is 2. The quantitative estimate of drug-likeness (QED) is 0.765. The van der Waals surface area contributed by atoms with Crippen molar-refractivity contribution < 1.29 is 9.90 Å². The van der Waals surface area contributed by atoms with Gasteiger partial charge in [-0.1, -0.05) is 30.3 Å². The van der Waals surface area contributed by atoms with Crippen molar-refractivity contribution in [2.75, 3.05) is 6.61 Å². The van der Waals surface area contributed by atoms with E-state index in [0.717, 1.165) is 10.6 Å². The van der Waals surface area contributed by atoms with Gasteiger partial charge < -0.3 is 15.7 Å². The minimum Gasteiger partial charge on any atom is -0.394 e. The lowest BCUT2D eigenvalue weighted by Crippen LogP contribution is -2.45. The highest BCUT2D eigenvalue weighted by Gasteiger charge is 2.15. The number of aliphatic hydroxyl groups is 1. The van der Waals surface area contributed by atoms with Crippen LogP contribution in [0.15, 0.2) is 41.9 Å². The summed E-state index contributed by atoms with van der Waals surface area (Å²) in [5, 5.41) is 17.7. The van der Waals surface area contributed by atoms with Gasteiger partial charge in [-0.25, -0.2) is 9.78 Å². The number of urea groups is 1. The molecule has 1 unspecified atom stereocenters. The molecular formula is C15H19N3O2S. The first-order valence-corrected chi connectivity index (χ1v) is 7.68. The van der Waals surface area contributed by atoms with E-state index >= 15 is 0 Å². The maximum atomic E-state index is 12.0. The molecule has 21 heavy (non-hydrogen) atoms. The summed E-state index contributed by atoms with van der Waals surface area (Å²) in [5.41, 5.74) is 1.07. The SMILES string of the molecule is CC(NC(=O)N[C@H](CO)Cc1ccccc1)c1nccs1. The van der Waals surface area contributed by atoms with Crippen molar-refractivity contribution in [2.24, 2.45) is 0 Å². The topological polar surface area (TPSA) is 74.2 Å². The summed E-state index contributed by atoms with van der Waals surface area (Å²) < 4.78 is 0. The molecule has 0 saturated heterocycles. The van der Waals surface area contributed by atoms with Crippen molar-refractivity contribution in [3.63, 3.8) is 0 Å². The van der Waals surface area contributed by atoms with Crippen molar-refractivity contribution in [3.05, 3.63) is 52.5 Å². The standard InChI is InChI=1S/C15H19N3O2S/c1-11(14-16-7-8-21-14)17-15(20)18-13(10-19)9-12-5-3-2-4-6-12/h2-8,11,13,19H,9-10H2,1H3,(H2,17,18,20)/t11?,13-/m0/s1. The molecular weight excluding hydrogens is 286 g/mol. The van der Waals surface area contributed by atoms with Gasteiger partial charge in [0.25, 0.3) is 0 Å². The van der Waals surface area contributed by atoms with E-state index in [-0.39, 0.29) is 24.7 Å². The Balaban J connectivity index is 1.85. The number of carbonyl (C=O) groups excluding carboxylic acids is 1. The largest absolute Gasteiger partial charge is 0.394 e. The number of nitrogens with one attached hydrogen (secondary N) is 2. The number of rotatable bonds is 6. The third-order valence-electron chi connectivity index (χ3n) is 3.05. The third-order valence-corrected chi connectivity index (χ3v) is 4.01. The number of aromatic nitrogens is 1. The van der Waals surface area contributed by atoms with Crippen LogP contribution in [0.1, 0.15) is 23.5 Å². The molecule has 0 fully saturated rings. The second-order valence-corrected chi connectivity index (χ2v) is 5.71. The number of carbonyl (C=O) groups is 1. The van der Waals surface area contributed by atoms with E-state index in [1.165, 1.54) is 11.3 Å². The second-order valence-electron chi connectivity index (χ2n) is 4.78. The zero-order chi connectivity index (χ0) is 15.1. The molecule has 0 aliphatic heterocycles. The van der Waals surface area contributed by atoms with Crippen LogP contribution in [-0.2, 0) is 6.42 Å². The molecule has 1 heterocycles. The number of hydrogen-bond acceptors (Lipinski definition) is 4. The number of aliphatic hydroxyl groups excluding tert-OH is 1. The Bertz CT molecular complexity index is 545. The number of nitrogens with zero attached hydrogens (tertiary/aromatic N) is 1. The van der Waals surface area contributed by atoms with Gasteiger partial charge in [0.2, 0.25) is 0 Å². The van der Waals surface area contributed by atoms with E-state index in [9.17, 15) is 9.90 Å². The number of hydrogen-bond donors (Lipinski definition) is 3. The van der Waals surface area contributed by atoms with Crippen LogP contribution in [0.3, 0.4) is 0 Å². The molecule has 6 heteroatoms. The smallest absolute Gasteiger partial charge is 0.315 e. The molecule has 2 rings (SSSR count). The number of benzene rings is 1. The van der Waals surface area contributed by atoms with Crippen LogP contribution in [0.5, 0.6) is 0 Å². The van der Waals surface area contributed by atoms with E-state index < -0.39 is 0 Å². The molecule has 112 valence electrons. The Morgan fingerprint density at radius 1 is 1.33 bits per heavy atom. The van der Waals surface area contributed by atoms with Crippen molar-refractivity contribution in [1.29, 1.82) is 0 Å². The Morgan fingerprint density at radius 2 is 2.10 bits per heavy atom. The molecule has 3 N–H and O–H groups in total. The monoisotopic (exact) mass is 305 g/mol. The van der Waals surface area contributed by atoms with Crippen molar-refractivity contribution in [3.8, 4) is 0 Å². The van der Waals surface area contributed by atoms with Gasteiger partial charge in [-0.15, -0.1) is 11.3 Å². The minimum absolute atomic E-state index is 0.103. The molecule has 0 bridgehead atoms. The predicted octanol–water partition coefficient (Wildman–Crippen LogP) is 2.11. The van der Waals surface area contributed by atoms with Crippen LogP contribution >= 0.6 is 11.3 Å². The van der Waals surface area contributed by atoms with Gasteiger partial charge in [-0.3, -0.25) is 0 Å². The lowest BCUT2D eigenvalue weighted by molar-refractivity contribution is 0.213. The molecule has 1 aromatic heterocycles. The summed E-state index contributed by atoms with van der Waals surface area (Å²) >= 11 is 1.50. The summed E-state index contributed by atoms with van der Waals surface area (Å²) in [4.78, 5) is 16.1. The molecule has 0 saturated carbocycles. The Kier molecular flexibility index (Phi) is 5.71. The maximum absolute atomic E-state index is 12.0. The molecule has 1 aromatic carbocycles. The first kappa shape index (κ1) is 15.5. The summed E-state index contributed by atoms with van der Waals surface area (Å²) in [7, 11) is 0. The van der Waals surface area contributed by atoms with Gasteiger partial charge in [0, 0.05) is 11.6 Å². The molecule has 0 radical (unpaired) electrons. The highest BCUT2D eigenvalue weighted by atomic mass is 32.1. The summed E-state index contributed by atoms with van der Waals surface area (Å²) in [6.45, 7) is 1.78. The van der Waals surface area contributed by atoms with E-state index in [2.05, 4.69) is 15.6 Å². The van der Waals surface area contributed by atoms with Crippen molar-refractivity contribution in [1.82, 2.24) is 15.6 Å². The van der Waals surface area contributed by atoms with E-state index in [1.807, 2.05) is 42.6 Å². The highest BCUT2D eigenvalue weighted by molar-refractivity contribution is 7.09. The Morgan fingerprint density at radius 3 is 2.71 bits per heavy atom. The van der Waals surface area contributed by atoms with Gasteiger partial charge in [0.1, 0.15) is 5.01 Å². The van der Waals surface area contributed by atoms with Crippen LogP contribution < -0.4 is 10.6 Å². The first-order chi connectivity index (χ1) is 10.2. The third kappa shape index (κ3) is 4.84. The van der Waals surface area contributed by atoms with Gasteiger partial charge in [-0.2, -0.15) is 0 Å². The van der Waals surface area contributed by atoms with Gasteiger partial charge in [0.05, 0.1) is 18.7 Å². The summed E-state index contributed by atoms with van der Waals surface area (Å²) in [6.07, 6.45) is 2.30. The summed E-state index contributed by atoms with van der Waals surface area (Å²) in [5.74, 6) is 0. The first-order valence-electron chi connectivity index (χ1n) is 6.80. The van der Waals surface area contributed by atoms with E-state index in [4.69, 9.17) is 0 Å². The molecule has 0 aliphatic carbocycles. The zero-order valence-corrected chi connectivity index (χ0v) is 12.6. The van der Waals surface area contributed by atoms with Crippen LogP contribution in [0.2, 0.25) is 0 Å². The fourth-order valence-corrected chi connectivity index (χ4v) is 2.64. The molecule has 2 atom stereocenters. The normalized spacial score (nSPS) is 13.4. The van der Waals surface area contributed by atoms with Gasteiger partial charge in [0.15, 0.2) is 0 Å². The average molecular weight is 305 g/mol. The van der Waals surface area contributed by atoms with Crippen molar-refractivity contribution in [2.45, 2.75) is 25.4 Å². The fraction of sp³-hybridized carbons (Fsp3) is 0.333. The maximum Gasteiger partial charge on any atom is 0.315 e. The minimum atomic E-state index is -0.309. The fourth-order valence-electron chi connectivity index (χ4n) is 1.99. The van der Waals surface area contributed by atoms with Crippen LogP contribution in [0, 0.1) is 0 Å². The van der Waals surface area contributed by atoms with Crippen LogP contribution in [0.25, 0.3) is 0 Å². The Hall–Kier alpha value is -1.92. The predicted molar refractivity (Wildman–Crippen MR) is 83.2 cm³/mol. The summed E-state index contributed by atoms with van der Waals surface area (Å²) in [6, 6.07) is 9.00. The molecule has 2 aromatic rings. The lowest BCUT2D eigenvalue weighted by atomic mass is 10.1. The van der Waals surface area contributed by atoms with Crippen LogP contribution in [-0.4, -0.2) is 28.8 Å². The highest BCUT2D eigenvalue weighted by Crippen LogP contribution is 2.14. The molecule has 5 nitrogen and oxygen atoms in total. The molecule has 0 spiro atoms. The average Bonchev–Trinajstić information content (AvgIpc) is 3.02. The van der Waals surface area contributed by atoms with Gasteiger partial charge in [-0.05, 0) is 18.9 Å².